The highest BCUT2D eigenvalue weighted by Crippen LogP contribution is 2.10. The number of carbonyl (C=O) groups excluding carboxylic acids is 1. The summed E-state index contributed by atoms with van der Waals surface area (Å²) >= 11 is 0. The minimum Gasteiger partial charge on any atom is -0.355 e. The van der Waals surface area contributed by atoms with Crippen molar-refractivity contribution in [3.63, 3.8) is 0 Å². The monoisotopic (exact) mass is 238 g/mol. The van der Waals surface area contributed by atoms with E-state index in [-0.39, 0.29) is 12.5 Å². The Bertz CT molecular complexity index is 370. The van der Waals surface area contributed by atoms with Crippen molar-refractivity contribution in [2.45, 2.75) is 13.8 Å². The zero-order valence-corrected chi connectivity index (χ0v) is 10.1. The molecule has 0 aliphatic carbocycles. The number of hydrazine groups is 1. The molecule has 1 rings (SSSR count). The van der Waals surface area contributed by atoms with E-state index in [2.05, 4.69) is 20.7 Å². The number of carbonyl (C=O) groups is 1. The molecule has 1 amide bonds. The van der Waals surface area contributed by atoms with Crippen LogP contribution in [0.1, 0.15) is 13.8 Å². The second-order valence-electron chi connectivity index (χ2n) is 3.35. The van der Waals surface area contributed by atoms with Gasteiger partial charge in [0.25, 0.3) is 0 Å². The molecule has 94 valence electrons. The number of nitrogen functional groups attached to an aromatic ring is 1. The number of aromatic nitrogens is 2. The Balaban J connectivity index is 2.74. The summed E-state index contributed by atoms with van der Waals surface area (Å²) in [5.41, 5.74) is 2.38. The third-order valence-corrected chi connectivity index (χ3v) is 2.18. The molecule has 1 aromatic heterocycles. The van der Waals surface area contributed by atoms with Crippen LogP contribution in [0, 0.1) is 0 Å². The van der Waals surface area contributed by atoms with E-state index in [0.717, 1.165) is 0 Å². The molecule has 7 heteroatoms. The van der Waals surface area contributed by atoms with E-state index in [9.17, 15) is 4.79 Å². The topological polar surface area (TPSA) is 96.2 Å². The van der Waals surface area contributed by atoms with Crippen LogP contribution in [0.2, 0.25) is 0 Å². The number of nitrogens with two attached hydrogens (primary N) is 1. The molecule has 0 bridgehead atoms. The van der Waals surface area contributed by atoms with Crippen molar-refractivity contribution < 1.29 is 4.79 Å². The minimum atomic E-state index is -0.0322. The van der Waals surface area contributed by atoms with Crippen LogP contribution in [-0.2, 0) is 4.79 Å². The number of rotatable bonds is 6. The number of hydrogen-bond donors (Lipinski definition) is 3. The number of likely N-dealkylation sites (N-methyl/N-ethyl adjacent to an activating group) is 2. The van der Waals surface area contributed by atoms with Crippen molar-refractivity contribution in [1.82, 2.24) is 15.3 Å². The van der Waals surface area contributed by atoms with Crippen molar-refractivity contribution in [3.05, 3.63) is 12.3 Å². The van der Waals surface area contributed by atoms with Gasteiger partial charge >= 0.3 is 0 Å². The van der Waals surface area contributed by atoms with Gasteiger partial charge in [-0.2, -0.15) is 4.98 Å². The molecule has 0 saturated carbocycles. The van der Waals surface area contributed by atoms with E-state index in [1.54, 1.807) is 12.3 Å². The first-order valence-electron chi connectivity index (χ1n) is 5.52. The van der Waals surface area contributed by atoms with Gasteiger partial charge in [-0.3, -0.25) is 10.2 Å². The molecule has 0 unspecified atom stereocenters. The Labute approximate surface area is 100 Å². The number of hydrogen-bond acceptors (Lipinski definition) is 6. The lowest BCUT2D eigenvalue weighted by molar-refractivity contribution is -0.119. The van der Waals surface area contributed by atoms with Crippen LogP contribution < -0.4 is 21.5 Å². The van der Waals surface area contributed by atoms with Crippen molar-refractivity contribution in [2.24, 2.45) is 5.84 Å². The largest absolute Gasteiger partial charge is 0.355 e. The standard InChI is InChI=1S/C10H18N6O/c1-3-12-9(17)7-16(4-2)8-5-6-13-10(14-8)15-11/h5-6H,3-4,7,11H2,1-2H3,(H,12,17)(H,13,14,15). The van der Waals surface area contributed by atoms with Crippen LogP contribution >= 0.6 is 0 Å². The summed E-state index contributed by atoms with van der Waals surface area (Å²) in [4.78, 5) is 21.4. The molecular formula is C10H18N6O. The highest BCUT2D eigenvalue weighted by molar-refractivity contribution is 5.80. The Kier molecular flexibility index (Phi) is 5.15. The van der Waals surface area contributed by atoms with Crippen LogP contribution in [-0.4, -0.2) is 35.5 Å². The molecule has 1 aromatic rings. The summed E-state index contributed by atoms with van der Waals surface area (Å²) in [5.74, 6) is 6.20. The van der Waals surface area contributed by atoms with Crippen LogP contribution in [0.3, 0.4) is 0 Å². The maximum Gasteiger partial charge on any atom is 0.239 e. The molecule has 4 N–H and O–H groups in total. The zero-order valence-electron chi connectivity index (χ0n) is 10.1. The number of nitrogens with one attached hydrogen (secondary N) is 2. The van der Waals surface area contributed by atoms with Crippen molar-refractivity contribution in [3.8, 4) is 0 Å². The fraction of sp³-hybridized carbons (Fsp3) is 0.500. The Morgan fingerprint density at radius 1 is 1.53 bits per heavy atom. The fourth-order valence-electron chi connectivity index (χ4n) is 1.38. The lowest BCUT2D eigenvalue weighted by atomic mass is 10.4. The third kappa shape index (κ3) is 3.87. The van der Waals surface area contributed by atoms with Crippen LogP contribution in [0.15, 0.2) is 12.3 Å². The first-order chi connectivity index (χ1) is 8.21. The van der Waals surface area contributed by atoms with E-state index in [0.29, 0.717) is 24.9 Å². The van der Waals surface area contributed by atoms with Crippen molar-refractivity contribution >= 4 is 17.7 Å². The number of amides is 1. The molecule has 0 radical (unpaired) electrons. The van der Waals surface area contributed by atoms with Gasteiger partial charge in [0.2, 0.25) is 11.9 Å². The second-order valence-corrected chi connectivity index (χ2v) is 3.35. The first-order valence-corrected chi connectivity index (χ1v) is 5.52. The predicted molar refractivity (Wildman–Crippen MR) is 66.4 cm³/mol. The first kappa shape index (κ1) is 13.2. The Morgan fingerprint density at radius 3 is 2.88 bits per heavy atom. The van der Waals surface area contributed by atoms with Crippen molar-refractivity contribution in [1.29, 1.82) is 0 Å². The predicted octanol–water partition coefficient (Wildman–Crippen LogP) is -0.275. The lowest BCUT2D eigenvalue weighted by Gasteiger charge is -2.21. The third-order valence-electron chi connectivity index (χ3n) is 2.18. The van der Waals surface area contributed by atoms with E-state index >= 15 is 0 Å². The minimum absolute atomic E-state index is 0.0322. The molecule has 0 atom stereocenters. The molecule has 0 aromatic carbocycles. The van der Waals surface area contributed by atoms with E-state index in [1.807, 2.05) is 18.7 Å². The second kappa shape index (κ2) is 6.64. The van der Waals surface area contributed by atoms with E-state index in [4.69, 9.17) is 5.84 Å². The van der Waals surface area contributed by atoms with Crippen LogP contribution in [0.4, 0.5) is 11.8 Å². The summed E-state index contributed by atoms with van der Waals surface area (Å²) in [5, 5.41) is 2.74. The maximum absolute atomic E-state index is 11.5. The van der Waals surface area contributed by atoms with Gasteiger partial charge in [0, 0.05) is 19.3 Å². The highest BCUT2D eigenvalue weighted by atomic mass is 16.2. The molecule has 17 heavy (non-hydrogen) atoms. The molecule has 0 aliphatic rings. The van der Waals surface area contributed by atoms with Gasteiger partial charge in [-0.05, 0) is 19.9 Å². The highest BCUT2D eigenvalue weighted by Gasteiger charge is 2.10. The van der Waals surface area contributed by atoms with Gasteiger partial charge in [-0.15, -0.1) is 0 Å². The lowest BCUT2D eigenvalue weighted by Crippen LogP contribution is -2.37. The molecular weight excluding hydrogens is 220 g/mol. The summed E-state index contributed by atoms with van der Waals surface area (Å²) in [6.07, 6.45) is 1.60. The molecule has 0 aliphatic heterocycles. The Hall–Kier alpha value is -1.89. The maximum atomic E-state index is 11.5. The Morgan fingerprint density at radius 2 is 2.29 bits per heavy atom. The molecule has 0 spiro atoms. The van der Waals surface area contributed by atoms with Crippen molar-refractivity contribution in [2.75, 3.05) is 30.0 Å². The average Bonchev–Trinajstić information content (AvgIpc) is 2.36. The molecule has 1 heterocycles. The SMILES string of the molecule is CCNC(=O)CN(CC)c1ccnc(NN)n1. The molecule has 7 nitrogen and oxygen atoms in total. The molecule has 0 saturated heterocycles. The normalized spacial score (nSPS) is 9.82. The number of anilines is 2. The average molecular weight is 238 g/mol. The number of nitrogens with zero attached hydrogens (tertiary/aromatic N) is 3. The van der Waals surface area contributed by atoms with E-state index < -0.39 is 0 Å². The quantitative estimate of drug-likeness (QED) is 0.466. The van der Waals surface area contributed by atoms with E-state index in [1.165, 1.54) is 0 Å². The fourth-order valence-corrected chi connectivity index (χ4v) is 1.38. The van der Waals surface area contributed by atoms with Gasteiger partial charge in [-0.1, -0.05) is 0 Å². The van der Waals surface area contributed by atoms with Gasteiger partial charge < -0.3 is 10.2 Å². The van der Waals surface area contributed by atoms with Crippen LogP contribution in [0.5, 0.6) is 0 Å². The zero-order chi connectivity index (χ0) is 12.7. The summed E-state index contributed by atoms with van der Waals surface area (Å²) in [7, 11) is 0. The van der Waals surface area contributed by atoms with Gasteiger partial charge in [-0.25, -0.2) is 10.8 Å². The van der Waals surface area contributed by atoms with Gasteiger partial charge in [0.1, 0.15) is 5.82 Å². The van der Waals surface area contributed by atoms with Gasteiger partial charge in [0.15, 0.2) is 0 Å². The van der Waals surface area contributed by atoms with Crippen LogP contribution in [0.25, 0.3) is 0 Å². The summed E-state index contributed by atoms with van der Waals surface area (Å²) < 4.78 is 0. The summed E-state index contributed by atoms with van der Waals surface area (Å²) in [6, 6.07) is 1.74. The summed E-state index contributed by atoms with van der Waals surface area (Å²) in [6.45, 7) is 5.41. The smallest absolute Gasteiger partial charge is 0.239 e. The van der Waals surface area contributed by atoms with Gasteiger partial charge in [0.05, 0.1) is 6.54 Å². The molecule has 0 fully saturated rings.